The quantitative estimate of drug-likeness (QED) is 0.566. The maximum Gasteiger partial charge on any atom is 0.0585 e. The molecule has 0 aromatic heterocycles. The first-order valence-electron chi connectivity index (χ1n) is 6.35. The number of nitrogens with two attached hydrogens (primary N) is 1. The Kier molecular flexibility index (Phi) is 4.44. The molecule has 2 aromatic rings. The van der Waals surface area contributed by atoms with Crippen LogP contribution in [0.5, 0.6) is 0 Å². The van der Waals surface area contributed by atoms with E-state index in [0.29, 0.717) is 0 Å². The number of hydrogen-bond donors (Lipinski definition) is 3. The molecule has 0 heterocycles. The van der Waals surface area contributed by atoms with Gasteiger partial charge in [0.2, 0.25) is 0 Å². The van der Waals surface area contributed by atoms with Crippen LogP contribution in [0, 0.1) is 5.41 Å². The van der Waals surface area contributed by atoms with Crippen LogP contribution in [0.2, 0.25) is 0 Å². The van der Waals surface area contributed by atoms with Crippen molar-refractivity contribution in [3.05, 3.63) is 59.7 Å². The molecule has 0 saturated heterocycles. The predicted octanol–water partition coefficient (Wildman–Crippen LogP) is 2.40. The maximum absolute atomic E-state index is 7.19. The lowest BCUT2D eigenvalue weighted by atomic mass is 10.0. The Morgan fingerprint density at radius 3 is 2.05 bits per heavy atom. The molecule has 98 valence electrons. The summed E-state index contributed by atoms with van der Waals surface area (Å²) >= 11 is 0. The summed E-state index contributed by atoms with van der Waals surface area (Å²) in [6, 6.07) is 16.4. The summed E-state index contributed by atoms with van der Waals surface area (Å²) in [6.07, 6.45) is 2.17. The molecule has 0 saturated carbocycles. The van der Waals surface area contributed by atoms with Crippen molar-refractivity contribution in [1.82, 2.24) is 5.32 Å². The van der Waals surface area contributed by atoms with Gasteiger partial charge in [0.1, 0.15) is 0 Å². The summed E-state index contributed by atoms with van der Waals surface area (Å²) in [5.41, 5.74) is 10.3. The first kappa shape index (κ1) is 13.5. The van der Waals surface area contributed by atoms with Crippen LogP contribution in [0.3, 0.4) is 0 Å². The largest absolute Gasteiger partial charge is 0.316 e. The monoisotopic (exact) mass is 253 g/mol. The van der Waals surface area contributed by atoms with E-state index in [0.717, 1.165) is 17.5 Å². The van der Waals surface area contributed by atoms with Crippen molar-refractivity contribution in [2.24, 2.45) is 5.73 Å². The summed E-state index contributed by atoms with van der Waals surface area (Å²) in [5.74, 6) is 0. The van der Waals surface area contributed by atoms with Crippen LogP contribution in [0.15, 0.2) is 48.5 Å². The van der Waals surface area contributed by atoms with Gasteiger partial charge in [-0.1, -0.05) is 48.5 Å². The van der Waals surface area contributed by atoms with Crippen LogP contribution in [-0.4, -0.2) is 19.4 Å². The number of nitrogens with one attached hydrogen (secondary N) is 2. The number of likely N-dealkylation sites (N-methyl/N-ethyl adjacent to an activating group) is 1. The van der Waals surface area contributed by atoms with E-state index < -0.39 is 0 Å². The average molecular weight is 253 g/mol. The fourth-order valence-corrected chi connectivity index (χ4v) is 1.96. The van der Waals surface area contributed by atoms with E-state index in [9.17, 15) is 0 Å². The topological polar surface area (TPSA) is 61.9 Å². The van der Waals surface area contributed by atoms with Gasteiger partial charge >= 0.3 is 0 Å². The zero-order chi connectivity index (χ0) is 13.7. The van der Waals surface area contributed by atoms with E-state index in [1.165, 1.54) is 17.3 Å². The van der Waals surface area contributed by atoms with Gasteiger partial charge < -0.3 is 16.5 Å². The van der Waals surface area contributed by atoms with Crippen LogP contribution in [0.4, 0.5) is 0 Å². The van der Waals surface area contributed by atoms with E-state index in [2.05, 4.69) is 29.6 Å². The van der Waals surface area contributed by atoms with Crippen LogP contribution >= 0.6 is 0 Å². The Morgan fingerprint density at radius 2 is 1.58 bits per heavy atom. The lowest BCUT2D eigenvalue weighted by Crippen LogP contribution is -2.36. The number of hydrogen-bond acceptors (Lipinski definition) is 3. The highest BCUT2D eigenvalue weighted by molar-refractivity contribution is 5.78. The maximum atomic E-state index is 7.19. The Morgan fingerprint density at radius 1 is 1.05 bits per heavy atom. The van der Waals surface area contributed by atoms with Crippen LogP contribution in [0.25, 0.3) is 11.1 Å². The van der Waals surface area contributed by atoms with Gasteiger partial charge in [-0.15, -0.1) is 0 Å². The fraction of sp³-hybridized carbons (Fsp3) is 0.188. The molecule has 0 aliphatic rings. The molecule has 1 atom stereocenters. The van der Waals surface area contributed by atoms with E-state index in [-0.39, 0.29) is 6.17 Å². The van der Waals surface area contributed by atoms with Gasteiger partial charge in [-0.25, -0.2) is 0 Å². The molecular formula is C16H19N3. The van der Waals surface area contributed by atoms with Crippen molar-refractivity contribution in [3.63, 3.8) is 0 Å². The molecule has 0 fully saturated rings. The Hall–Kier alpha value is -1.97. The Bertz CT molecular complexity index is 529. The summed E-state index contributed by atoms with van der Waals surface area (Å²) < 4.78 is 0. The molecule has 0 aliphatic carbocycles. The second kappa shape index (κ2) is 6.27. The van der Waals surface area contributed by atoms with E-state index >= 15 is 0 Å². The Labute approximate surface area is 114 Å². The summed E-state index contributed by atoms with van der Waals surface area (Å²) in [6.45, 7) is 0. The van der Waals surface area contributed by atoms with E-state index in [1.807, 2.05) is 31.3 Å². The molecule has 0 radical (unpaired) electrons. The minimum absolute atomic E-state index is 0.00211. The minimum Gasteiger partial charge on any atom is -0.316 e. The molecule has 1 unspecified atom stereocenters. The summed E-state index contributed by atoms with van der Waals surface area (Å²) in [7, 11) is 1.86. The average Bonchev–Trinajstić information content (AvgIpc) is 2.48. The van der Waals surface area contributed by atoms with Crippen LogP contribution in [0.1, 0.15) is 11.1 Å². The SMILES string of the molecule is CNC(N)Cc1ccc(-c2ccc(C=N)cc2)cc1. The third kappa shape index (κ3) is 3.50. The molecule has 0 aliphatic heterocycles. The van der Waals surface area contributed by atoms with Gasteiger partial charge in [-0.05, 0) is 29.3 Å². The lowest BCUT2D eigenvalue weighted by Gasteiger charge is -2.10. The van der Waals surface area contributed by atoms with Crippen molar-refractivity contribution < 1.29 is 0 Å². The highest BCUT2D eigenvalue weighted by Gasteiger charge is 2.02. The fourth-order valence-electron chi connectivity index (χ4n) is 1.96. The molecule has 0 spiro atoms. The van der Waals surface area contributed by atoms with Crippen molar-refractivity contribution >= 4 is 6.21 Å². The predicted molar refractivity (Wildman–Crippen MR) is 80.5 cm³/mol. The van der Waals surface area contributed by atoms with Gasteiger partial charge in [-0.3, -0.25) is 0 Å². The van der Waals surface area contributed by atoms with Crippen LogP contribution in [-0.2, 0) is 6.42 Å². The Balaban J connectivity index is 2.14. The zero-order valence-electron chi connectivity index (χ0n) is 11.1. The molecule has 3 heteroatoms. The van der Waals surface area contributed by atoms with Gasteiger partial charge in [0.15, 0.2) is 0 Å². The molecule has 0 amide bonds. The molecule has 4 N–H and O–H groups in total. The minimum atomic E-state index is -0.00211. The molecule has 0 bridgehead atoms. The third-order valence-electron chi connectivity index (χ3n) is 3.19. The second-order valence-corrected chi connectivity index (χ2v) is 4.56. The van der Waals surface area contributed by atoms with Gasteiger partial charge in [0, 0.05) is 12.6 Å². The molecule has 2 aromatic carbocycles. The second-order valence-electron chi connectivity index (χ2n) is 4.56. The normalized spacial score (nSPS) is 12.1. The van der Waals surface area contributed by atoms with E-state index in [4.69, 9.17) is 11.1 Å². The zero-order valence-corrected chi connectivity index (χ0v) is 11.1. The van der Waals surface area contributed by atoms with Crippen molar-refractivity contribution in [3.8, 4) is 11.1 Å². The number of rotatable bonds is 5. The third-order valence-corrected chi connectivity index (χ3v) is 3.19. The van der Waals surface area contributed by atoms with Gasteiger partial charge in [0.25, 0.3) is 0 Å². The number of benzene rings is 2. The summed E-state index contributed by atoms with van der Waals surface area (Å²) in [5, 5.41) is 10.2. The standard InChI is InChI=1S/C16H19N3/c1-19-16(18)10-12-2-6-14(7-3-12)15-8-4-13(11-17)5-9-15/h2-9,11,16-17,19H,10,18H2,1H3. The van der Waals surface area contributed by atoms with Crippen molar-refractivity contribution in [2.75, 3.05) is 7.05 Å². The molecular weight excluding hydrogens is 234 g/mol. The first-order valence-corrected chi connectivity index (χ1v) is 6.35. The van der Waals surface area contributed by atoms with Crippen LogP contribution < -0.4 is 11.1 Å². The van der Waals surface area contributed by atoms with Gasteiger partial charge in [0.05, 0.1) is 6.17 Å². The van der Waals surface area contributed by atoms with Crippen molar-refractivity contribution in [2.45, 2.75) is 12.6 Å². The molecule has 19 heavy (non-hydrogen) atoms. The molecule has 2 rings (SSSR count). The first-order chi connectivity index (χ1) is 9.22. The highest BCUT2D eigenvalue weighted by Crippen LogP contribution is 2.20. The van der Waals surface area contributed by atoms with Crippen molar-refractivity contribution in [1.29, 1.82) is 5.41 Å². The summed E-state index contributed by atoms with van der Waals surface area (Å²) in [4.78, 5) is 0. The highest BCUT2D eigenvalue weighted by atomic mass is 15.0. The van der Waals surface area contributed by atoms with Gasteiger partial charge in [-0.2, -0.15) is 0 Å². The van der Waals surface area contributed by atoms with E-state index in [1.54, 1.807) is 0 Å². The molecule has 3 nitrogen and oxygen atoms in total. The lowest BCUT2D eigenvalue weighted by molar-refractivity contribution is 0.582. The smallest absolute Gasteiger partial charge is 0.0585 e.